The predicted octanol–water partition coefficient (Wildman–Crippen LogP) is 3.36. The third-order valence-corrected chi connectivity index (χ3v) is 3.43. The normalized spacial score (nSPS) is 15.3. The number of carbonyl (C=O) groups is 1. The minimum atomic E-state index is 0.0447. The highest BCUT2D eigenvalue weighted by Gasteiger charge is 2.27. The van der Waals surface area contributed by atoms with E-state index < -0.39 is 0 Å². The molecule has 0 radical (unpaired) electrons. The highest BCUT2D eigenvalue weighted by molar-refractivity contribution is 9.10. The number of nitrogens with one attached hydrogen (secondary N) is 1. The number of hydrogen-bond donors (Lipinski definition) is 1. The van der Waals surface area contributed by atoms with Gasteiger partial charge in [0.15, 0.2) is 0 Å². The van der Waals surface area contributed by atoms with Gasteiger partial charge in [0.2, 0.25) is 0 Å². The first-order valence-corrected chi connectivity index (χ1v) is 7.03. The average Bonchev–Trinajstić information content (AvgIpc) is 3.01. The number of halogens is 1. The van der Waals surface area contributed by atoms with E-state index in [0.717, 1.165) is 23.1 Å². The van der Waals surface area contributed by atoms with Crippen LogP contribution in [0.3, 0.4) is 0 Å². The van der Waals surface area contributed by atoms with E-state index in [1.165, 1.54) is 12.8 Å². The molecule has 1 amide bonds. The van der Waals surface area contributed by atoms with Gasteiger partial charge >= 0.3 is 0 Å². The Morgan fingerprint density at radius 1 is 1.59 bits per heavy atom. The summed E-state index contributed by atoms with van der Waals surface area (Å²) in [5.74, 6) is 0.667. The van der Waals surface area contributed by atoms with Crippen LogP contribution >= 0.6 is 15.9 Å². The van der Waals surface area contributed by atoms with Crippen molar-refractivity contribution in [2.45, 2.75) is 39.2 Å². The van der Waals surface area contributed by atoms with Gasteiger partial charge in [-0.05, 0) is 47.2 Å². The minimum absolute atomic E-state index is 0.0447. The molecule has 0 aromatic carbocycles. The van der Waals surface area contributed by atoms with Crippen LogP contribution in [0.25, 0.3) is 0 Å². The van der Waals surface area contributed by atoms with E-state index in [4.69, 9.17) is 0 Å². The van der Waals surface area contributed by atoms with Crippen LogP contribution in [-0.4, -0.2) is 17.0 Å². The van der Waals surface area contributed by atoms with Gasteiger partial charge in [0.25, 0.3) is 5.91 Å². The lowest BCUT2D eigenvalue weighted by atomic mass is 10.1. The van der Waals surface area contributed by atoms with Gasteiger partial charge in [-0.15, -0.1) is 0 Å². The molecule has 0 spiro atoms. The highest BCUT2D eigenvalue weighted by Crippen LogP contribution is 2.37. The van der Waals surface area contributed by atoms with E-state index in [1.54, 1.807) is 0 Å². The van der Waals surface area contributed by atoms with Crippen molar-refractivity contribution in [3.05, 3.63) is 22.4 Å². The first kappa shape index (κ1) is 12.7. The molecular weight excluding hydrogens is 280 g/mol. The van der Waals surface area contributed by atoms with Gasteiger partial charge in [0.1, 0.15) is 5.69 Å². The molecule has 0 saturated heterocycles. The van der Waals surface area contributed by atoms with Crippen molar-refractivity contribution in [1.29, 1.82) is 0 Å². The van der Waals surface area contributed by atoms with Crippen molar-refractivity contribution in [2.24, 2.45) is 5.92 Å². The molecule has 0 aliphatic heterocycles. The Kier molecular flexibility index (Phi) is 3.92. The fourth-order valence-electron chi connectivity index (χ4n) is 1.85. The zero-order chi connectivity index (χ0) is 12.4. The Morgan fingerprint density at radius 3 is 2.88 bits per heavy atom. The van der Waals surface area contributed by atoms with Crippen LogP contribution in [0.15, 0.2) is 16.7 Å². The smallest absolute Gasteiger partial charge is 0.267 e. The molecule has 0 unspecified atom stereocenters. The van der Waals surface area contributed by atoms with Crippen molar-refractivity contribution < 1.29 is 4.79 Å². The van der Waals surface area contributed by atoms with E-state index in [2.05, 4.69) is 39.7 Å². The van der Waals surface area contributed by atoms with Crippen molar-refractivity contribution in [1.82, 2.24) is 9.88 Å². The highest BCUT2D eigenvalue weighted by atomic mass is 79.9. The number of aromatic nitrogens is 1. The number of nitrogens with zero attached hydrogens (tertiary/aromatic N) is 1. The maximum absolute atomic E-state index is 12.0. The maximum atomic E-state index is 12.0. The summed E-state index contributed by atoms with van der Waals surface area (Å²) in [6.07, 6.45) is 5.41. The molecule has 3 nitrogen and oxygen atoms in total. The Hall–Kier alpha value is -0.770. The zero-order valence-corrected chi connectivity index (χ0v) is 12.0. The summed E-state index contributed by atoms with van der Waals surface area (Å²) in [6.45, 7) is 5.08. The second-order valence-electron chi connectivity index (χ2n) is 5.12. The lowest BCUT2D eigenvalue weighted by Crippen LogP contribution is -2.27. The van der Waals surface area contributed by atoms with Gasteiger partial charge in [-0.1, -0.05) is 13.8 Å². The van der Waals surface area contributed by atoms with Crippen LogP contribution in [-0.2, 0) is 0 Å². The number of carbonyl (C=O) groups excluding carboxylic acids is 1. The SMILES string of the molecule is CC(C)CCNC(=O)c1cc(Br)cn1C1CC1. The molecule has 0 bridgehead atoms. The molecule has 2 rings (SSSR count). The quantitative estimate of drug-likeness (QED) is 0.888. The maximum Gasteiger partial charge on any atom is 0.267 e. The van der Waals surface area contributed by atoms with Crippen LogP contribution in [0.2, 0.25) is 0 Å². The van der Waals surface area contributed by atoms with Crippen molar-refractivity contribution >= 4 is 21.8 Å². The Bertz CT molecular complexity index is 408. The summed E-state index contributed by atoms with van der Waals surface area (Å²) in [4.78, 5) is 12.0. The lowest BCUT2D eigenvalue weighted by Gasteiger charge is -2.09. The molecule has 1 aliphatic carbocycles. The first-order chi connectivity index (χ1) is 8.08. The van der Waals surface area contributed by atoms with Crippen molar-refractivity contribution in [3.63, 3.8) is 0 Å². The molecule has 1 saturated carbocycles. The summed E-state index contributed by atoms with van der Waals surface area (Å²) >= 11 is 3.44. The van der Waals surface area contributed by atoms with Crippen LogP contribution in [0.5, 0.6) is 0 Å². The number of amides is 1. The summed E-state index contributed by atoms with van der Waals surface area (Å²) in [7, 11) is 0. The Morgan fingerprint density at radius 2 is 2.29 bits per heavy atom. The van der Waals surface area contributed by atoms with E-state index in [-0.39, 0.29) is 5.91 Å². The number of rotatable bonds is 5. The third-order valence-electron chi connectivity index (χ3n) is 3.00. The molecule has 94 valence electrons. The van der Waals surface area contributed by atoms with E-state index in [1.807, 2.05) is 12.3 Å². The summed E-state index contributed by atoms with van der Waals surface area (Å²) in [6, 6.07) is 2.44. The standard InChI is InChI=1S/C13H19BrN2O/c1-9(2)5-6-15-13(17)12-7-10(14)8-16(12)11-3-4-11/h7-9,11H,3-6H2,1-2H3,(H,15,17). The average molecular weight is 299 g/mol. The summed E-state index contributed by atoms with van der Waals surface area (Å²) in [5, 5.41) is 2.99. The summed E-state index contributed by atoms with van der Waals surface area (Å²) < 4.78 is 3.08. The molecule has 4 heteroatoms. The van der Waals surface area contributed by atoms with E-state index >= 15 is 0 Å². The molecular formula is C13H19BrN2O. The fourth-order valence-corrected chi connectivity index (χ4v) is 2.28. The fraction of sp³-hybridized carbons (Fsp3) is 0.615. The van der Waals surface area contributed by atoms with Crippen LogP contribution in [0.4, 0.5) is 0 Å². The lowest BCUT2D eigenvalue weighted by molar-refractivity contribution is 0.0942. The zero-order valence-electron chi connectivity index (χ0n) is 10.4. The molecule has 1 heterocycles. The van der Waals surface area contributed by atoms with Crippen LogP contribution < -0.4 is 5.32 Å². The minimum Gasteiger partial charge on any atom is -0.351 e. The summed E-state index contributed by atoms with van der Waals surface area (Å²) in [5.41, 5.74) is 0.781. The molecule has 17 heavy (non-hydrogen) atoms. The molecule has 1 aromatic rings. The Labute approximate surface area is 111 Å². The molecule has 1 N–H and O–H groups in total. The second-order valence-corrected chi connectivity index (χ2v) is 6.04. The van der Waals surface area contributed by atoms with Gasteiger partial charge in [-0.3, -0.25) is 4.79 Å². The van der Waals surface area contributed by atoms with Crippen LogP contribution in [0, 0.1) is 5.92 Å². The Balaban J connectivity index is 1.98. The largest absolute Gasteiger partial charge is 0.351 e. The first-order valence-electron chi connectivity index (χ1n) is 6.23. The van der Waals surface area contributed by atoms with Crippen LogP contribution in [0.1, 0.15) is 49.6 Å². The van der Waals surface area contributed by atoms with E-state index in [0.29, 0.717) is 12.0 Å². The van der Waals surface area contributed by atoms with Crippen molar-refractivity contribution in [3.8, 4) is 0 Å². The van der Waals surface area contributed by atoms with Crippen molar-refractivity contribution in [2.75, 3.05) is 6.54 Å². The monoisotopic (exact) mass is 298 g/mol. The van der Waals surface area contributed by atoms with Gasteiger partial charge in [-0.2, -0.15) is 0 Å². The molecule has 0 atom stereocenters. The van der Waals surface area contributed by atoms with E-state index in [9.17, 15) is 4.79 Å². The molecule has 1 aromatic heterocycles. The topological polar surface area (TPSA) is 34.0 Å². The van der Waals surface area contributed by atoms with Gasteiger partial charge in [0, 0.05) is 23.3 Å². The van der Waals surface area contributed by atoms with Gasteiger partial charge in [-0.25, -0.2) is 0 Å². The predicted molar refractivity (Wildman–Crippen MR) is 72.2 cm³/mol. The second kappa shape index (κ2) is 5.25. The number of hydrogen-bond acceptors (Lipinski definition) is 1. The van der Waals surface area contributed by atoms with Gasteiger partial charge < -0.3 is 9.88 Å². The molecule has 1 fully saturated rings. The van der Waals surface area contributed by atoms with Gasteiger partial charge in [0.05, 0.1) is 0 Å². The molecule has 1 aliphatic rings. The third kappa shape index (κ3) is 3.35.